The number of hydrogen-bond donors (Lipinski definition) is 0. The number of esters is 5. The molecule has 2 bridgehead atoms. The quantitative estimate of drug-likeness (QED) is 0.0558. The molecule has 61 heavy (non-hydrogen) atoms. The highest BCUT2D eigenvalue weighted by Crippen LogP contribution is 2.58. The van der Waals surface area contributed by atoms with Crippen LogP contribution in [-0.2, 0) is 57.1 Å². The van der Waals surface area contributed by atoms with E-state index in [0.29, 0.717) is 30.6 Å². The molecule has 2 saturated carbocycles. The van der Waals surface area contributed by atoms with Crippen molar-refractivity contribution in [1.82, 2.24) is 0 Å². The number of allylic oxidation sites excluding steroid dienone is 1. The molecule has 2 aliphatic carbocycles. The van der Waals surface area contributed by atoms with Crippen LogP contribution in [0.3, 0.4) is 0 Å². The van der Waals surface area contributed by atoms with Crippen LogP contribution < -0.4 is 0 Å². The Morgan fingerprint density at radius 3 is 1.67 bits per heavy atom. The first-order chi connectivity index (χ1) is 27.7. The number of halogens is 6. The number of carbonyl (C=O) groups is 5. The number of ether oxygens (including phenoxy) is 7. The molecule has 1 aliphatic heterocycles. The van der Waals surface area contributed by atoms with Gasteiger partial charge in [-0.3, -0.25) is 24.0 Å². The van der Waals surface area contributed by atoms with E-state index in [0.717, 1.165) is 31.9 Å². The third-order valence-electron chi connectivity index (χ3n) is 12.1. The van der Waals surface area contributed by atoms with Crippen LogP contribution in [0.25, 0.3) is 0 Å². The molecule has 3 fully saturated rings. The van der Waals surface area contributed by atoms with Crippen LogP contribution in [0.1, 0.15) is 134 Å². The summed E-state index contributed by atoms with van der Waals surface area (Å²) in [6, 6.07) is 0. The van der Waals surface area contributed by atoms with Gasteiger partial charge in [0.15, 0.2) is 11.7 Å². The zero-order chi connectivity index (χ0) is 47.5. The predicted molar refractivity (Wildman–Crippen MR) is 210 cm³/mol. The highest BCUT2D eigenvalue weighted by atomic mass is 19.4. The van der Waals surface area contributed by atoms with Crippen molar-refractivity contribution >= 4 is 29.8 Å². The van der Waals surface area contributed by atoms with Gasteiger partial charge < -0.3 is 33.2 Å². The van der Waals surface area contributed by atoms with Crippen molar-refractivity contribution in [2.45, 2.75) is 171 Å². The normalized spacial score (nSPS) is 22.0. The first-order valence-electron chi connectivity index (χ1n) is 20.7. The molecular formula is C43H68F6O12. The van der Waals surface area contributed by atoms with Crippen molar-refractivity contribution < 1.29 is 83.5 Å². The SMILES string of the molecule is C=C1OC2C3CC(CC13)C2OC(=O)C(C)(C)CC.CCC(C)(C)C(=O)OC(C)CC(C)(C(F)(F)F)C(F)(F)F.CCC(C)(C)C(=O)OCCC(=O)OCCC(=O)OC(C)OC. The van der Waals surface area contributed by atoms with Crippen LogP contribution in [0.2, 0.25) is 0 Å². The van der Waals surface area contributed by atoms with Gasteiger partial charge in [-0.2, -0.15) is 26.3 Å². The summed E-state index contributed by atoms with van der Waals surface area (Å²) < 4.78 is 112. The van der Waals surface area contributed by atoms with Crippen LogP contribution in [0.5, 0.6) is 0 Å². The van der Waals surface area contributed by atoms with E-state index in [1.807, 2.05) is 27.7 Å². The number of alkyl halides is 6. The first-order valence-corrected chi connectivity index (χ1v) is 20.7. The van der Waals surface area contributed by atoms with Gasteiger partial charge in [-0.05, 0) is 94.4 Å². The summed E-state index contributed by atoms with van der Waals surface area (Å²) >= 11 is 0. The molecule has 12 nitrogen and oxygen atoms in total. The van der Waals surface area contributed by atoms with E-state index in [1.54, 1.807) is 27.7 Å². The lowest BCUT2D eigenvalue weighted by molar-refractivity contribution is -0.341. The molecule has 0 aromatic heterocycles. The molecule has 3 aliphatic rings. The molecule has 0 amide bonds. The molecule has 0 aromatic carbocycles. The lowest BCUT2D eigenvalue weighted by Crippen LogP contribution is -2.50. The van der Waals surface area contributed by atoms with E-state index in [9.17, 15) is 50.3 Å². The summed E-state index contributed by atoms with van der Waals surface area (Å²) in [4.78, 5) is 58.2. The van der Waals surface area contributed by atoms with E-state index < -0.39 is 70.7 Å². The fourth-order valence-corrected chi connectivity index (χ4v) is 6.31. The van der Waals surface area contributed by atoms with Crippen molar-refractivity contribution in [3.05, 3.63) is 12.3 Å². The number of methoxy groups -OCH3 is 1. The summed E-state index contributed by atoms with van der Waals surface area (Å²) in [7, 11) is 1.42. The summed E-state index contributed by atoms with van der Waals surface area (Å²) in [5.74, 6) is 0.179. The lowest BCUT2D eigenvalue weighted by Gasteiger charge is -2.36. The third kappa shape index (κ3) is 15.3. The second-order valence-corrected chi connectivity index (χ2v) is 18.0. The molecule has 18 heteroatoms. The maximum Gasteiger partial charge on any atom is 0.403 e. The van der Waals surface area contributed by atoms with Crippen LogP contribution in [0, 0.1) is 39.4 Å². The minimum Gasteiger partial charge on any atom is -0.491 e. The fraction of sp³-hybridized carbons (Fsp3) is 0.837. The summed E-state index contributed by atoms with van der Waals surface area (Å²) in [6.45, 7) is 22.6. The minimum atomic E-state index is -5.48. The standard InChI is InChI=1S/C15H26O7.C15H22O3.C13H20F6O2/c1-6-15(3,4)14(18)21-10-7-12(16)20-9-8-13(17)22-11(2)19-5;1-5-15(3,4)14(16)18-12-9-6-10-8(2)17-13(12)11(10)7-9;1-6-10(3,4)9(20)21-8(2)7-11(5,12(14,15)16)13(17,18)19/h11H,6-10H2,1-5H3;9-13H,2,5-7H2,1,3-4H3;8H,6-7H2,1-5H3. The van der Waals surface area contributed by atoms with Gasteiger partial charge in [0.25, 0.3) is 0 Å². The Morgan fingerprint density at radius 2 is 1.18 bits per heavy atom. The average molecular weight is 891 g/mol. The van der Waals surface area contributed by atoms with Gasteiger partial charge in [-0.25, -0.2) is 0 Å². The number of rotatable bonds is 18. The monoisotopic (exact) mass is 890 g/mol. The van der Waals surface area contributed by atoms with Crippen LogP contribution in [0.4, 0.5) is 26.3 Å². The van der Waals surface area contributed by atoms with Crippen LogP contribution in [-0.4, -0.2) is 87.1 Å². The second-order valence-electron chi connectivity index (χ2n) is 18.0. The van der Waals surface area contributed by atoms with E-state index in [2.05, 4.69) is 6.58 Å². The van der Waals surface area contributed by atoms with Crippen molar-refractivity contribution in [2.75, 3.05) is 20.3 Å². The van der Waals surface area contributed by atoms with Crippen LogP contribution >= 0.6 is 0 Å². The van der Waals surface area contributed by atoms with Gasteiger partial charge in [-0.1, -0.05) is 27.4 Å². The Labute approximate surface area is 356 Å². The zero-order valence-electron chi connectivity index (χ0n) is 38.0. The molecule has 1 saturated heterocycles. The average Bonchev–Trinajstić information content (AvgIpc) is 3.79. The van der Waals surface area contributed by atoms with Crippen molar-refractivity contribution in [2.24, 2.45) is 39.4 Å². The summed E-state index contributed by atoms with van der Waals surface area (Å²) in [5, 5.41) is 0. The minimum absolute atomic E-state index is 0.0355. The molecular weight excluding hydrogens is 822 g/mol. The van der Waals surface area contributed by atoms with Gasteiger partial charge in [0.1, 0.15) is 31.5 Å². The van der Waals surface area contributed by atoms with Crippen molar-refractivity contribution in [1.29, 1.82) is 0 Å². The Bertz CT molecular complexity index is 1490. The van der Waals surface area contributed by atoms with E-state index in [-0.39, 0.29) is 57.1 Å². The Hall–Kier alpha value is -3.57. The van der Waals surface area contributed by atoms with E-state index >= 15 is 0 Å². The van der Waals surface area contributed by atoms with Gasteiger partial charge >= 0.3 is 42.2 Å². The molecule has 0 aromatic rings. The Balaban J connectivity index is 0.000000459. The summed E-state index contributed by atoms with van der Waals surface area (Å²) in [6.07, 6.45) is -10.5. The number of carbonyl (C=O) groups excluding carboxylic acids is 5. The van der Waals surface area contributed by atoms with Gasteiger partial charge in [0.2, 0.25) is 0 Å². The predicted octanol–water partition coefficient (Wildman–Crippen LogP) is 9.60. The molecule has 1 heterocycles. The molecule has 0 spiro atoms. The topological polar surface area (TPSA) is 150 Å². The van der Waals surface area contributed by atoms with E-state index in [1.165, 1.54) is 21.0 Å². The molecule has 0 radical (unpaired) electrons. The highest BCUT2D eigenvalue weighted by molar-refractivity contribution is 5.77. The highest BCUT2D eigenvalue weighted by Gasteiger charge is 2.68. The first kappa shape index (κ1) is 55.4. The Kier molecular flexibility index (Phi) is 20.2. The smallest absolute Gasteiger partial charge is 0.403 e. The number of fused-ring (bicyclic) bond motifs is 1. The third-order valence-corrected chi connectivity index (χ3v) is 12.1. The van der Waals surface area contributed by atoms with Crippen molar-refractivity contribution in [3.8, 4) is 0 Å². The second kappa shape index (κ2) is 22.2. The molecule has 3 rings (SSSR count). The van der Waals surface area contributed by atoms with E-state index in [4.69, 9.17) is 33.2 Å². The van der Waals surface area contributed by atoms with Gasteiger partial charge in [0.05, 0.1) is 34.8 Å². The fourth-order valence-electron chi connectivity index (χ4n) is 6.31. The largest absolute Gasteiger partial charge is 0.491 e. The van der Waals surface area contributed by atoms with Crippen molar-refractivity contribution in [3.63, 3.8) is 0 Å². The molecule has 0 N–H and O–H groups in total. The maximum absolute atomic E-state index is 12.7. The molecule has 354 valence electrons. The molecule has 7 unspecified atom stereocenters. The molecule has 7 atom stereocenters. The van der Waals surface area contributed by atoms with Gasteiger partial charge in [0, 0.05) is 31.3 Å². The lowest BCUT2D eigenvalue weighted by atomic mass is 9.83. The maximum atomic E-state index is 12.7. The zero-order valence-corrected chi connectivity index (χ0v) is 38.0. The number of hydrogen-bond acceptors (Lipinski definition) is 12. The Morgan fingerprint density at radius 1 is 0.705 bits per heavy atom. The van der Waals surface area contributed by atoms with Crippen LogP contribution in [0.15, 0.2) is 12.3 Å². The van der Waals surface area contributed by atoms with Gasteiger partial charge in [-0.15, -0.1) is 0 Å². The summed E-state index contributed by atoms with van der Waals surface area (Å²) in [5.41, 5.74) is -5.83.